The average molecular weight is 470 g/mol. The minimum absolute atomic E-state index is 0.00513. The molecule has 3 heterocycles. The highest BCUT2D eigenvalue weighted by Gasteiger charge is 2.29. The number of fused-ring (bicyclic) bond motifs is 1. The van der Waals surface area contributed by atoms with Crippen LogP contribution in [0, 0.1) is 0 Å². The van der Waals surface area contributed by atoms with Crippen LogP contribution in [0.15, 0.2) is 9.59 Å². The lowest BCUT2D eigenvalue weighted by molar-refractivity contribution is 0.0527. The topological polar surface area (TPSA) is 140 Å². The molecule has 31 heavy (non-hydrogen) atoms. The molecule has 0 aliphatic heterocycles. The molecule has 0 aliphatic rings. The molecule has 0 saturated carbocycles. The largest absolute Gasteiger partial charge is 0.462 e. The van der Waals surface area contributed by atoms with E-state index in [2.05, 4.69) is 4.98 Å². The number of aromatic nitrogens is 4. The number of esters is 2. The first-order chi connectivity index (χ1) is 14.6. The van der Waals surface area contributed by atoms with Crippen LogP contribution in [0.25, 0.3) is 11.2 Å². The summed E-state index contributed by atoms with van der Waals surface area (Å²) >= 11 is 7.16. The summed E-state index contributed by atoms with van der Waals surface area (Å²) in [7, 11) is 2.78. The van der Waals surface area contributed by atoms with E-state index in [9.17, 15) is 19.2 Å². The zero-order chi connectivity index (χ0) is 23.0. The van der Waals surface area contributed by atoms with Crippen molar-refractivity contribution in [2.24, 2.45) is 14.1 Å². The van der Waals surface area contributed by atoms with Crippen molar-refractivity contribution in [2.45, 2.75) is 20.4 Å². The van der Waals surface area contributed by atoms with Crippen LogP contribution in [0.2, 0.25) is 5.28 Å². The van der Waals surface area contributed by atoms with Crippen molar-refractivity contribution in [2.75, 3.05) is 18.9 Å². The van der Waals surface area contributed by atoms with Gasteiger partial charge in [-0.2, -0.15) is 4.98 Å². The van der Waals surface area contributed by atoms with Gasteiger partial charge in [-0.3, -0.25) is 13.9 Å². The van der Waals surface area contributed by atoms with E-state index in [1.54, 1.807) is 13.8 Å². The van der Waals surface area contributed by atoms with Crippen molar-refractivity contribution in [1.29, 1.82) is 0 Å². The molecular formula is C18H20ClN5O6S. The standard InChI is InChI=1S/C18H20ClN5O6S/c1-5-29-15(26)9-8(11(31-12(9)20)16(27)30-6-2)7-24-10-13(21-17(24)19)22(3)18(28)23(4)14(10)25/h5-7,20H2,1-4H3. The highest BCUT2D eigenvalue weighted by atomic mass is 35.5. The number of rotatable bonds is 6. The second-order valence-corrected chi connectivity index (χ2v) is 7.83. The zero-order valence-corrected chi connectivity index (χ0v) is 18.8. The summed E-state index contributed by atoms with van der Waals surface area (Å²) in [6, 6.07) is 0. The molecule has 0 radical (unpaired) electrons. The maximum atomic E-state index is 12.8. The van der Waals surface area contributed by atoms with E-state index in [0.717, 1.165) is 15.9 Å². The second-order valence-electron chi connectivity index (χ2n) is 6.43. The van der Waals surface area contributed by atoms with Crippen molar-refractivity contribution < 1.29 is 19.1 Å². The summed E-state index contributed by atoms with van der Waals surface area (Å²) in [5.41, 5.74) is 5.11. The first-order valence-electron chi connectivity index (χ1n) is 9.21. The van der Waals surface area contributed by atoms with Crippen molar-refractivity contribution in [1.82, 2.24) is 18.7 Å². The molecule has 0 atom stereocenters. The van der Waals surface area contributed by atoms with Gasteiger partial charge in [-0.05, 0) is 25.4 Å². The number of carbonyl (C=O) groups excluding carboxylic acids is 2. The van der Waals surface area contributed by atoms with Gasteiger partial charge in [0.2, 0.25) is 5.28 Å². The number of carbonyl (C=O) groups is 2. The van der Waals surface area contributed by atoms with Crippen LogP contribution in [-0.2, 0) is 30.1 Å². The Morgan fingerprint density at radius 1 is 1.10 bits per heavy atom. The van der Waals surface area contributed by atoms with Crippen molar-refractivity contribution >= 4 is 51.0 Å². The van der Waals surface area contributed by atoms with Gasteiger partial charge in [-0.25, -0.2) is 14.4 Å². The van der Waals surface area contributed by atoms with Crippen LogP contribution in [0.3, 0.4) is 0 Å². The Kier molecular flexibility index (Phi) is 6.23. The number of thiophene rings is 1. The van der Waals surface area contributed by atoms with E-state index in [4.69, 9.17) is 26.8 Å². The predicted octanol–water partition coefficient (Wildman–Crippen LogP) is 1.13. The Balaban J connectivity index is 2.30. The van der Waals surface area contributed by atoms with E-state index in [1.165, 1.54) is 23.2 Å². The summed E-state index contributed by atoms with van der Waals surface area (Å²) in [6.07, 6.45) is 0. The smallest absolute Gasteiger partial charge is 0.348 e. The molecule has 3 aromatic rings. The van der Waals surface area contributed by atoms with Gasteiger partial charge in [0.25, 0.3) is 5.56 Å². The molecule has 13 heteroatoms. The van der Waals surface area contributed by atoms with Crippen LogP contribution >= 0.6 is 22.9 Å². The maximum Gasteiger partial charge on any atom is 0.348 e. The molecule has 3 aromatic heterocycles. The monoisotopic (exact) mass is 469 g/mol. The number of nitrogen functional groups attached to an aromatic ring is 1. The number of hydrogen-bond acceptors (Lipinski definition) is 9. The molecule has 0 fully saturated rings. The number of hydrogen-bond donors (Lipinski definition) is 1. The van der Waals surface area contributed by atoms with E-state index >= 15 is 0 Å². The number of ether oxygens (including phenoxy) is 2. The van der Waals surface area contributed by atoms with Crippen LogP contribution in [0.1, 0.15) is 39.4 Å². The lowest BCUT2D eigenvalue weighted by Crippen LogP contribution is -2.37. The number of halogens is 1. The van der Waals surface area contributed by atoms with Gasteiger partial charge in [0.1, 0.15) is 9.88 Å². The molecule has 0 amide bonds. The van der Waals surface area contributed by atoms with Crippen LogP contribution in [0.5, 0.6) is 0 Å². The van der Waals surface area contributed by atoms with E-state index in [1.807, 2.05) is 0 Å². The van der Waals surface area contributed by atoms with Gasteiger partial charge in [0.05, 0.1) is 25.3 Å². The minimum atomic E-state index is -0.720. The summed E-state index contributed by atoms with van der Waals surface area (Å²) in [4.78, 5) is 54.3. The molecule has 3 rings (SSSR count). The SMILES string of the molecule is CCOC(=O)c1sc(N)c(C(=O)OCC)c1Cn1c(Cl)nc2c1c(=O)n(C)c(=O)n2C. The first-order valence-corrected chi connectivity index (χ1v) is 10.4. The fourth-order valence-corrected chi connectivity index (χ4v) is 4.33. The van der Waals surface area contributed by atoms with Gasteiger partial charge in [0.15, 0.2) is 11.2 Å². The Labute approximate surface area is 184 Å². The number of nitrogens with two attached hydrogens (primary N) is 1. The molecule has 0 bridgehead atoms. The Bertz CT molecular complexity index is 1320. The first kappa shape index (κ1) is 22.6. The molecule has 0 spiro atoms. The Morgan fingerprint density at radius 3 is 2.32 bits per heavy atom. The third-order valence-corrected chi connectivity index (χ3v) is 5.92. The van der Waals surface area contributed by atoms with Gasteiger partial charge in [-0.15, -0.1) is 11.3 Å². The quantitative estimate of drug-likeness (QED) is 0.418. The molecule has 0 aliphatic carbocycles. The van der Waals surface area contributed by atoms with E-state index in [0.29, 0.717) is 0 Å². The van der Waals surface area contributed by atoms with Crippen molar-refractivity contribution in [3.8, 4) is 0 Å². The Hall–Kier alpha value is -3.12. The molecule has 166 valence electrons. The average Bonchev–Trinajstić information content (AvgIpc) is 3.22. The van der Waals surface area contributed by atoms with Gasteiger partial charge in [0, 0.05) is 19.7 Å². The van der Waals surface area contributed by atoms with E-state index < -0.39 is 23.2 Å². The lowest BCUT2D eigenvalue weighted by Gasteiger charge is -2.10. The summed E-state index contributed by atoms with van der Waals surface area (Å²) in [5.74, 6) is -1.40. The highest BCUT2D eigenvalue weighted by Crippen LogP contribution is 2.34. The fraction of sp³-hybridized carbons (Fsp3) is 0.389. The number of nitrogens with zero attached hydrogens (tertiary/aromatic N) is 4. The number of imidazole rings is 1. The molecule has 2 N–H and O–H groups in total. The van der Waals surface area contributed by atoms with Gasteiger partial charge in [-0.1, -0.05) is 0 Å². The minimum Gasteiger partial charge on any atom is -0.462 e. The zero-order valence-electron chi connectivity index (χ0n) is 17.2. The van der Waals surface area contributed by atoms with Crippen LogP contribution in [-0.4, -0.2) is 43.8 Å². The molecule has 0 aromatic carbocycles. The van der Waals surface area contributed by atoms with Gasteiger partial charge < -0.3 is 19.8 Å². The lowest BCUT2D eigenvalue weighted by atomic mass is 10.1. The summed E-state index contributed by atoms with van der Waals surface area (Å²) in [5, 5.41) is -0.0416. The van der Waals surface area contributed by atoms with Crippen molar-refractivity contribution in [3.63, 3.8) is 0 Å². The van der Waals surface area contributed by atoms with E-state index in [-0.39, 0.29) is 57.2 Å². The molecule has 0 unspecified atom stereocenters. The molecule has 11 nitrogen and oxygen atoms in total. The summed E-state index contributed by atoms with van der Waals surface area (Å²) in [6.45, 7) is 3.29. The molecule has 0 saturated heterocycles. The van der Waals surface area contributed by atoms with Crippen LogP contribution < -0.4 is 17.0 Å². The van der Waals surface area contributed by atoms with Gasteiger partial charge >= 0.3 is 17.6 Å². The normalized spacial score (nSPS) is 11.1. The predicted molar refractivity (Wildman–Crippen MR) is 115 cm³/mol. The third-order valence-electron chi connectivity index (χ3n) is 4.59. The van der Waals surface area contributed by atoms with Crippen LogP contribution in [0.4, 0.5) is 5.00 Å². The number of anilines is 1. The fourth-order valence-electron chi connectivity index (χ4n) is 3.15. The maximum absolute atomic E-state index is 12.8. The second kappa shape index (κ2) is 8.55. The van der Waals surface area contributed by atoms with Crippen molar-refractivity contribution in [3.05, 3.63) is 42.1 Å². The Morgan fingerprint density at radius 2 is 1.71 bits per heavy atom. The molecular weight excluding hydrogens is 450 g/mol. The summed E-state index contributed by atoms with van der Waals surface area (Å²) < 4.78 is 13.6. The third kappa shape index (κ3) is 3.72. The highest BCUT2D eigenvalue weighted by molar-refractivity contribution is 7.18. The number of aryl methyl sites for hydroxylation is 1.